The van der Waals surface area contributed by atoms with Crippen molar-refractivity contribution in [1.82, 2.24) is 19.8 Å². The van der Waals surface area contributed by atoms with Gasteiger partial charge < -0.3 is 24.3 Å². The lowest BCUT2D eigenvalue weighted by Gasteiger charge is -2.29. The predicted octanol–water partition coefficient (Wildman–Crippen LogP) is 4.28. The number of rotatable bonds is 9. The molecule has 3 aromatic rings. The fourth-order valence-corrected chi connectivity index (χ4v) is 4.42. The van der Waals surface area contributed by atoms with Gasteiger partial charge in [0.15, 0.2) is 5.11 Å². The maximum Gasteiger partial charge on any atom is 0.170 e. The maximum absolute atomic E-state index is 5.74. The second-order valence-electron chi connectivity index (χ2n) is 7.40. The third kappa shape index (κ3) is 4.57. The van der Waals surface area contributed by atoms with Crippen molar-refractivity contribution in [2.75, 3.05) is 26.9 Å². The highest BCUT2D eigenvalue weighted by Crippen LogP contribution is 2.39. The fraction of sp³-hybridized carbons (Fsp3) is 0.333. The minimum Gasteiger partial charge on any atom is -0.494 e. The molecule has 0 spiro atoms. The number of nitrogens with zero attached hydrogens (tertiary/aromatic N) is 3. The molecule has 7 heteroatoms. The number of pyridine rings is 1. The van der Waals surface area contributed by atoms with Gasteiger partial charge in [-0.1, -0.05) is 6.07 Å². The Kier molecular flexibility index (Phi) is 6.84. The van der Waals surface area contributed by atoms with Crippen LogP contribution < -0.4 is 10.1 Å². The summed E-state index contributed by atoms with van der Waals surface area (Å²) in [6, 6.07) is 18.4. The van der Waals surface area contributed by atoms with Gasteiger partial charge in [-0.25, -0.2) is 0 Å². The highest BCUT2D eigenvalue weighted by molar-refractivity contribution is 7.80. The van der Waals surface area contributed by atoms with E-state index >= 15 is 0 Å². The second-order valence-corrected chi connectivity index (χ2v) is 7.78. The average molecular weight is 437 g/mol. The van der Waals surface area contributed by atoms with Crippen molar-refractivity contribution in [2.24, 2.45) is 0 Å². The SMILES string of the molecule is CCOc1ccc(-n2cccc2C2C(c3ccccn3)NC(=S)N2CCCOC)cc1. The summed E-state index contributed by atoms with van der Waals surface area (Å²) in [4.78, 5) is 6.88. The number of ether oxygens (including phenoxy) is 2. The number of thiocarbonyl (C=S) groups is 1. The van der Waals surface area contributed by atoms with Gasteiger partial charge in [-0.3, -0.25) is 4.98 Å². The molecule has 162 valence electrons. The van der Waals surface area contributed by atoms with Crippen LogP contribution in [-0.4, -0.2) is 46.4 Å². The van der Waals surface area contributed by atoms with Gasteiger partial charge in [0.2, 0.25) is 0 Å². The van der Waals surface area contributed by atoms with E-state index in [1.807, 2.05) is 37.4 Å². The lowest BCUT2D eigenvalue weighted by atomic mass is 10.0. The van der Waals surface area contributed by atoms with Gasteiger partial charge in [0.1, 0.15) is 5.75 Å². The second kappa shape index (κ2) is 9.94. The molecule has 1 fully saturated rings. The molecule has 2 atom stereocenters. The summed E-state index contributed by atoms with van der Waals surface area (Å²) in [5.74, 6) is 0.872. The number of benzene rings is 1. The topological polar surface area (TPSA) is 51.5 Å². The smallest absolute Gasteiger partial charge is 0.170 e. The molecular weight excluding hydrogens is 408 g/mol. The molecule has 2 unspecified atom stereocenters. The number of nitrogens with one attached hydrogen (secondary N) is 1. The van der Waals surface area contributed by atoms with Crippen LogP contribution in [0.2, 0.25) is 0 Å². The Hall–Kier alpha value is -2.90. The lowest BCUT2D eigenvalue weighted by molar-refractivity contribution is 0.180. The molecule has 6 nitrogen and oxygen atoms in total. The van der Waals surface area contributed by atoms with Crippen molar-refractivity contribution in [3.05, 3.63) is 78.4 Å². The van der Waals surface area contributed by atoms with Crippen molar-refractivity contribution in [1.29, 1.82) is 0 Å². The van der Waals surface area contributed by atoms with E-state index in [1.54, 1.807) is 7.11 Å². The van der Waals surface area contributed by atoms with Gasteiger partial charge in [-0.05, 0) is 74.1 Å². The van der Waals surface area contributed by atoms with Crippen LogP contribution in [0.15, 0.2) is 67.0 Å². The fourth-order valence-electron chi connectivity index (χ4n) is 4.09. The van der Waals surface area contributed by atoms with Crippen LogP contribution in [0, 0.1) is 0 Å². The molecule has 0 aliphatic carbocycles. The minimum absolute atomic E-state index is 0.0147. The van der Waals surface area contributed by atoms with Gasteiger partial charge in [-0.2, -0.15) is 0 Å². The van der Waals surface area contributed by atoms with Crippen LogP contribution in [0.25, 0.3) is 5.69 Å². The Morgan fingerprint density at radius 3 is 2.65 bits per heavy atom. The summed E-state index contributed by atoms with van der Waals surface area (Å²) in [7, 11) is 1.73. The first-order chi connectivity index (χ1) is 15.2. The highest BCUT2D eigenvalue weighted by atomic mass is 32.1. The number of aromatic nitrogens is 2. The van der Waals surface area contributed by atoms with Crippen LogP contribution >= 0.6 is 12.2 Å². The third-order valence-corrected chi connectivity index (χ3v) is 5.81. The molecule has 0 bridgehead atoms. The quantitative estimate of drug-likeness (QED) is 0.399. The van der Waals surface area contributed by atoms with E-state index in [2.05, 4.69) is 56.3 Å². The summed E-state index contributed by atoms with van der Waals surface area (Å²) in [5.41, 5.74) is 3.21. The van der Waals surface area contributed by atoms with Crippen molar-refractivity contribution < 1.29 is 9.47 Å². The summed E-state index contributed by atoms with van der Waals surface area (Å²) in [6.45, 7) is 4.15. The molecule has 0 saturated carbocycles. The van der Waals surface area contributed by atoms with Gasteiger partial charge >= 0.3 is 0 Å². The summed E-state index contributed by atoms with van der Waals surface area (Å²) in [6.07, 6.45) is 4.82. The Morgan fingerprint density at radius 2 is 1.94 bits per heavy atom. The monoisotopic (exact) mass is 436 g/mol. The van der Waals surface area contributed by atoms with E-state index in [0.717, 1.165) is 40.9 Å². The number of methoxy groups -OCH3 is 1. The van der Waals surface area contributed by atoms with E-state index in [0.29, 0.717) is 13.2 Å². The van der Waals surface area contributed by atoms with Crippen LogP contribution in [0.1, 0.15) is 36.8 Å². The minimum atomic E-state index is -0.0346. The van der Waals surface area contributed by atoms with E-state index in [4.69, 9.17) is 21.7 Å². The standard InChI is InChI=1S/C24H28N4O2S/c1-3-30-19-12-10-18(11-13-19)27-15-6-9-21(27)23-22(20-8-4-5-14-25-20)26-24(31)28(23)16-7-17-29-2/h4-6,8-15,22-23H,3,7,16-17H2,1-2H3,(H,26,31). The lowest BCUT2D eigenvalue weighted by Crippen LogP contribution is -2.32. The molecule has 3 heterocycles. The maximum atomic E-state index is 5.74. The average Bonchev–Trinajstić information content (AvgIpc) is 3.40. The Bertz CT molecular complexity index is 990. The molecule has 0 radical (unpaired) electrons. The molecule has 4 rings (SSSR count). The van der Waals surface area contributed by atoms with E-state index in [9.17, 15) is 0 Å². The van der Waals surface area contributed by atoms with Crippen molar-refractivity contribution >= 4 is 17.3 Å². The Balaban J connectivity index is 1.71. The molecule has 1 aliphatic heterocycles. The van der Waals surface area contributed by atoms with Crippen LogP contribution in [0.4, 0.5) is 0 Å². The summed E-state index contributed by atoms with van der Waals surface area (Å²) >= 11 is 5.74. The molecule has 1 aliphatic rings. The van der Waals surface area contributed by atoms with Gasteiger partial charge in [0.05, 0.1) is 24.4 Å². The molecule has 1 saturated heterocycles. The Morgan fingerprint density at radius 1 is 1.10 bits per heavy atom. The molecule has 1 N–H and O–H groups in total. The zero-order chi connectivity index (χ0) is 21.6. The van der Waals surface area contributed by atoms with Crippen LogP contribution in [-0.2, 0) is 4.74 Å². The molecule has 31 heavy (non-hydrogen) atoms. The Labute approximate surface area is 188 Å². The van der Waals surface area contributed by atoms with Crippen LogP contribution in [0.3, 0.4) is 0 Å². The molecule has 1 aromatic carbocycles. The van der Waals surface area contributed by atoms with Crippen molar-refractivity contribution in [2.45, 2.75) is 25.4 Å². The first kappa shape index (κ1) is 21.3. The van der Waals surface area contributed by atoms with Crippen molar-refractivity contribution in [3.63, 3.8) is 0 Å². The zero-order valence-corrected chi connectivity index (χ0v) is 18.7. The first-order valence-corrected chi connectivity index (χ1v) is 11.0. The molecule has 2 aromatic heterocycles. The summed E-state index contributed by atoms with van der Waals surface area (Å²) in [5, 5.41) is 4.26. The molecule has 0 amide bonds. The normalized spacial score (nSPS) is 18.3. The van der Waals surface area contributed by atoms with Gasteiger partial charge in [0, 0.05) is 44.0 Å². The zero-order valence-electron chi connectivity index (χ0n) is 17.9. The number of hydrogen-bond acceptors (Lipinski definition) is 4. The summed E-state index contributed by atoms with van der Waals surface area (Å²) < 4.78 is 13.1. The first-order valence-electron chi connectivity index (χ1n) is 10.6. The predicted molar refractivity (Wildman–Crippen MR) is 126 cm³/mol. The van der Waals surface area contributed by atoms with Crippen LogP contribution in [0.5, 0.6) is 5.75 Å². The van der Waals surface area contributed by atoms with Crippen molar-refractivity contribution in [3.8, 4) is 11.4 Å². The van der Waals surface area contributed by atoms with E-state index in [1.165, 1.54) is 0 Å². The third-order valence-electron chi connectivity index (χ3n) is 5.45. The number of hydrogen-bond donors (Lipinski definition) is 1. The van der Waals surface area contributed by atoms with E-state index in [-0.39, 0.29) is 12.1 Å². The largest absolute Gasteiger partial charge is 0.494 e. The van der Waals surface area contributed by atoms with Gasteiger partial charge in [0.25, 0.3) is 0 Å². The van der Waals surface area contributed by atoms with E-state index < -0.39 is 0 Å². The van der Waals surface area contributed by atoms with Gasteiger partial charge in [-0.15, -0.1) is 0 Å². The molecular formula is C24H28N4O2S. The highest BCUT2D eigenvalue weighted by Gasteiger charge is 2.40.